The number of fused-ring (bicyclic) bond motifs is 3. The van der Waals surface area contributed by atoms with Gasteiger partial charge in [0.1, 0.15) is 17.8 Å². The van der Waals surface area contributed by atoms with E-state index in [4.69, 9.17) is 9.26 Å². The number of carbonyl (C=O) groups excluding carboxylic acids is 1. The van der Waals surface area contributed by atoms with Gasteiger partial charge < -0.3 is 14.2 Å². The molecular formula is C19H20ClFN6O3. The maximum Gasteiger partial charge on any atom is 0.256 e. The van der Waals surface area contributed by atoms with Crippen molar-refractivity contribution in [1.82, 2.24) is 29.5 Å². The molecule has 0 aliphatic carbocycles. The number of rotatable bonds is 3. The number of imidazole rings is 1. The first-order valence-electron chi connectivity index (χ1n) is 9.35. The normalized spacial score (nSPS) is 16.6. The van der Waals surface area contributed by atoms with Gasteiger partial charge >= 0.3 is 0 Å². The zero-order valence-electron chi connectivity index (χ0n) is 16.2. The summed E-state index contributed by atoms with van der Waals surface area (Å²) >= 11 is 0. The largest absolute Gasteiger partial charge is 0.379 e. The van der Waals surface area contributed by atoms with Crippen molar-refractivity contribution in [2.45, 2.75) is 13.1 Å². The van der Waals surface area contributed by atoms with E-state index in [1.807, 2.05) is 0 Å². The Morgan fingerprint density at radius 2 is 2.03 bits per heavy atom. The Hall–Kier alpha value is -2.82. The second-order valence-corrected chi connectivity index (χ2v) is 7.13. The van der Waals surface area contributed by atoms with Gasteiger partial charge in [0.25, 0.3) is 5.91 Å². The molecule has 11 heteroatoms. The first kappa shape index (κ1) is 20.5. The van der Waals surface area contributed by atoms with E-state index in [9.17, 15) is 9.18 Å². The minimum atomic E-state index is -0.458. The Bertz CT molecular complexity index is 1080. The highest BCUT2D eigenvalue weighted by molar-refractivity contribution is 5.98. The van der Waals surface area contributed by atoms with Crippen LogP contribution in [0.3, 0.4) is 0 Å². The van der Waals surface area contributed by atoms with Crippen LogP contribution in [0.15, 0.2) is 29.0 Å². The van der Waals surface area contributed by atoms with Gasteiger partial charge in [-0.05, 0) is 18.2 Å². The van der Waals surface area contributed by atoms with Crippen LogP contribution in [0.1, 0.15) is 21.9 Å². The molecule has 1 amide bonds. The summed E-state index contributed by atoms with van der Waals surface area (Å²) in [5.74, 6) is 0.160. The van der Waals surface area contributed by atoms with Crippen molar-refractivity contribution in [2.24, 2.45) is 0 Å². The Morgan fingerprint density at radius 1 is 1.23 bits per heavy atom. The minimum absolute atomic E-state index is 0. The SMILES string of the molecule is CN1Cc2c(-c3noc(CN4CCOCC4)n3)ncn2-c2ccc(F)cc2C1=O.Cl. The van der Waals surface area contributed by atoms with Crippen LogP contribution in [-0.4, -0.2) is 68.7 Å². The number of halogens is 2. The Balaban J connectivity index is 0.00000218. The van der Waals surface area contributed by atoms with Crippen LogP contribution in [-0.2, 0) is 17.8 Å². The van der Waals surface area contributed by atoms with Crippen LogP contribution in [0, 0.1) is 5.82 Å². The number of aromatic nitrogens is 4. The van der Waals surface area contributed by atoms with Gasteiger partial charge in [-0.3, -0.25) is 14.3 Å². The first-order valence-corrected chi connectivity index (χ1v) is 9.35. The molecule has 2 aromatic heterocycles. The van der Waals surface area contributed by atoms with Gasteiger partial charge in [-0.25, -0.2) is 9.37 Å². The summed E-state index contributed by atoms with van der Waals surface area (Å²) in [6, 6.07) is 4.16. The third kappa shape index (κ3) is 3.57. The molecule has 5 rings (SSSR count). The lowest BCUT2D eigenvalue weighted by molar-refractivity contribution is 0.0297. The number of amides is 1. The maximum atomic E-state index is 13.7. The van der Waals surface area contributed by atoms with Crippen molar-refractivity contribution in [3.8, 4) is 17.2 Å². The van der Waals surface area contributed by atoms with E-state index in [0.29, 0.717) is 42.9 Å². The highest BCUT2D eigenvalue weighted by atomic mass is 35.5. The fourth-order valence-electron chi connectivity index (χ4n) is 3.68. The van der Waals surface area contributed by atoms with Gasteiger partial charge in [-0.15, -0.1) is 12.4 Å². The smallest absolute Gasteiger partial charge is 0.256 e. The lowest BCUT2D eigenvalue weighted by Gasteiger charge is -2.24. The molecule has 0 bridgehead atoms. The molecule has 2 aliphatic rings. The van der Waals surface area contributed by atoms with Crippen molar-refractivity contribution >= 4 is 18.3 Å². The topological polar surface area (TPSA) is 89.5 Å². The van der Waals surface area contributed by atoms with Crippen LogP contribution in [0.4, 0.5) is 4.39 Å². The Morgan fingerprint density at radius 3 is 2.83 bits per heavy atom. The van der Waals surface area contributed by atoms with Crippen LogP contribution in [0.5, 0.6) is 0 Å². The predicted octanol–water partition coefficient (Wildman–Crippen LogP) is 1.90. The molecule has 0 unspecified atom stereocenters. The van der Waals surface area contributed by atoms with Crippen LogP contribution >= 0.6 is 12.4 Å². The van der Waals surface area contributed by atoms with Gasteiger partial charge in [0.05, 0.1) is 43.2 Å². The van der Waals surface area contributed by atoms with E-state index in [-0.39, 0.29) is 30.4 Å². The van der Waals surface area contributed by atoms with E-state index in [0.717, 1.165) is 18.8 Å². The van der Waals surface area contributed by atoms with E-state index in [1.54, 1.807) is 24.0 Å². The molecule has 1 saturated heterocycles. The van der Waals surface area contributed by atoms with E-state index in [1.165, 1.54) is 17.0 Å². The lowest BCUT2D eigenvalue weighted by atomic mass is 10.1. The molecule has 3 aromatic rings. The second kappa shape index (κ2) is 8.13. The van der Waals surface area contributed by atoms with Crippen molar-refractivity contribution in [3.63, 3.8) is 0 Å². The zero-order chi connectivity index (χ0) is 20.0. The highest BCUT2D eigenvalue weighted by Crippen LogP contribution is 2.29. The van der Waals surface area contributed by atoms with Crippen LogP contribution < -0.4 is 0 Å². The third-order valence-corrected chi connectivity index (χ3v) is 5.19. The summed E-state index contributed by atoms with van der Waals surface area (Å²) in [5, 5.41) is 4.09. The number of benzene rings is 1. The minimum Gasteiger partial charge on any atom is -0.379 e. The van der Waals surface area contributed by atoms with Crippen molar-refractivity contribution < 1.29 is 18.4 Å². The van der Waals surface area contributed by atoms with Crippen LogP contribution in [0.2, 0.25) is 0 Å². The van der Waals surface area contributed by atoms with Gasteiger partial charge in [0, 0.05) is 20.1 Å². The monoisotopic (exact) mass is 434 g/mol. The Kier molecular flexibility index (Phi) is 5.54. The van der Waals surface area contributed by atoms with Crippen molar-refractivity contribution in [3.05, 3.63) is 47.5 Å². The Labute approximate surface area is 177 Å². The van der Waals surface area contributed by atoms with E-state index in [2.05, 4.69) is 20.0 Å². The van der Waals surface area contributed by atoms with E-state index >= 15 is 0 Å². The van der Waals surface area contributed by atoms with Gasteiger partial charge in [-0.2, -0.15) is 4.98 Å². The fraction of sp³-hybridized carbons (Fsp3) is 0.368. The number of hydrogen-bond donors (Lipinski definition) is 0. The van der Waals surface area contributed by atoms with Gasteiger partial charge in [0.15, 0.2) is 0 Å². The van der Waals surface area contributed by atoms with E-state index < -0.39 is 5.82 Å². The third-order valence-electron chi connectivity index (χ3n) is 5.19. The summed E-state index contributed by atoms with van der Waals surface area (Å²) in [5.41, 5.74) is 2.14. The summed E-state index contributed by atoms with van der Waals surface area (Å²) in [6.45, 7) is 3.85. The van der Waals surface area contributed by atoms with Gasteiger partial charge in [0.2, 0.25) is 11.7 Å². The molecule has 1 fully saturated rings. The summed E-state index contributed by atoms with van der Waals surface area (Å²) < 4.78 is 26.3. The molecule has 4 heterocycles. The molecule has 9 nitrogen and oxygen atoms in total. The number of nitrogens with zero attached hydrogens (tertiary/aromatic N) is 6. The fourth-order valence-corrected chi connectivity index (χ4v) is 3.68. The lowest BCUT2D eigenvalue weighted by Crippen LogP contribution is -2.35. The van der Waals surface area contributed by atoms with Crippen molar-refractivity contribution in [1.29, 1.82) is 0 Å². The molecule has 1 aromatic carbocycles. The highest BCUT2D eigenvalue weighted by Gasteiger charge is 2.28. The number of ether oxygens (including phenoxy) is 1. The molecule has 0 atom stereocenters. The summed E-state index contributed by atoms with van der Waals surface area (Å²) in [6.07, 6.45) is 1.60. The summed E-state index contributed by atoms with van der Waals surface area (Å²) in [7, 11) is 1.67. The molecular weight excluding hydrogens is 415 g/mol. The second-order valence-electron chi connectivity index (χ2n) is 7.13. The van der Waals surface area contributed by atoms with Crippen molar-refractivity contribution in [2.75, 3.05) is 33.4 Å². The average molecular weight is 435 g/mol. The quantitative estimate of drug-likeness (QED) is 0.622. The molecule has 0 N–H and O–H groups in total. The molecule has 158 valence electrons. The molecule has 0 radical (unpaired) electrons. The summed E-state index contributed by atoms with van der Waals surface area (Å²) in [4.78, 5) is 25.4. The molecule has 0 saturated carbocycles. The first-order chi connectivity index (χ1) is 14.1. The van der Waals surface area contributed by atoms with Crippen LogP contribution in [0.25, 0.3) is 17.2 Å². The molecule has 30 heavy (non-hydrogen) atoms. The number of carbonyl (C=O) groups is 1. The number of hydrogen-bond acceptors (Lipinski definition) is 7. The standard InChI is InChI=1S/C19H19FN6O3.ClH/c1-24-9-15-17(18-22-16(29-23-18)10-25-4-6-28-7-5-25)21-11-26(15)14-3-2-12(20)8-13(14)19(24)27;/h2-3,8,11H,4-7,9-10H2,1H3;1H. The number of morpholine rings is 1. The zero-order valence-corrected chi connectivity index (χ0v) is 17.1. The molecule has 0 spiro atoms. The molecule has 2 aliphatic heterocycles. The maximum absolute atomic E-state index is 13.7. The average Bonchev–Trinajstić information content (AvgIpc) is 3.33. The predicted molar refractivity (Wildman–Crippen MR) is 106 cm³/mol. The van der Waals surface area contributed by atoms with Gasteiger partial charge in [-0.1, -0.05) is 5.16 Å².